The van der Waals surface area contributed by atoms with Gasteiger partial charge in [0.2, 0.25) is 0 Å². The fraction of sp³-hybridized carbons (Fsp3) is 0.647. The van der Waals surface area contributed by atoms with Crippen LogP contribution in [-0.4, -0.2) is 37.2 Å². The van der Waals surface area contributed by atoms with Crippen LogP contribution in [0.2, 0.25) is 0 Å². The van der Waals surface area contributed by atoms with Crippen molar-refractivity contribution in [1.82, 2.24) is 4.90 Å². The summed E-state index contributed by atoms with van der Waals surface area (Å²) in [6.45, 7) is 8.08. The zero-order valence-electron chi connectivity index (χ0n) is 13.0. The Labute approximate surface area is 127 Å². The van der Waals surface area contributed by atoms with E-state index in [0.717, 1.165) is 44.2 Å². The maximum Gasteiger partial charge on any atom is 0.161 e. The second-order valence-corrected chi connectivity index (χ2v) is 6.34. The van der Waals surface area contributed by atoms with Gasteiger partial charge in [-0.1, -0.05) is 6.07 Å². The quantitative estimate of drug-likeness (QED) is 0.929. The van der Waals surface area contributed by atoms with Gasteiger partial charge in [-0.15, -0.1) is 0 Å². The van der Waals surface area contributed by atoms with Gasteiger partial charge >= 0.3 is 0 Å². The summed E-state index contributed by atoms with van der Waals surface area (Å²) in [6, 6.07) is 7.03. The molecule has 0 aliphatic carbocycles. The summed E-state index contributed by atoms with van der Waals surface area (Å²) in [4.78, 5) is 2.52. The minimum Gasteiger partial charge on any atom is -0.490 e. The van der Waals surface area contributed by atoms with Crippen LogP contribution in [-0.2, 0) is 0 Å². The van der Waals surface area contributed by atoms with Crippen molar-refractivity contribution in [2.24, 2.45) is 11.7 Å². The van der Waals surface area contributed by atoms with E-state index < -0.39 is 0 Å². The standard InChI is InChI=1S/C17H26N2O2/c1-12(18)15-6-7-19(11-15)13(2)14-4-5-16-17(10-14)21-9-3-8-20-16/h4-5,10,12-13,15H,3,6-9,11,18H2,1-2H3. The molecule has 0 aromatic heterocycles. The lowest BCUT2D eigenvalue weighted by Crippen LogP contribution is -2.31. The van der Waals surface area contributed by atoms with E-state index in [1.165, 1.54) is 12.0 Å². The van der Waals surface area contributed by atoms with Crippen LogP contribution in [0.5, 0.6) is 11.5 Å². The minimum absolute atomic E-state index is 0.283. The van der Waals surface area contributed by atoms with Crippen LogP contribution in [0.15, 0.2) is 18.2 Å². The molecule has 1 fully saturated rings. The molecule has 116 valence electrons. The van der Waals surface area contributed by atoms with Gasteiger partial charge < -0.3 is 15.2 Å². The first-order chi connectivity index (χ1) is 10.1. The highest BCUT2D eigenvalue weighted by Crippen LogP contribution is 2.35. The van der Waals surface area contributed by atoms with Gasteiger partial charge in [-0.2, -0.15) is 0 Å². The molecule has 2 N–H and O–H groups in total. The van der Waals surface area contributed by atoms with E-state index in [-0.39, 0.29) is 6.04 Å². The van der Waals surface area contributed by atoms with Crippen LogP contribution in [0.25, 0.3) is 0 Å². The van der Waals surface area contributed by atoms with Crippen molar-refractivity contribution in [1.29, 1.82) is 0 Å². The molecular formula is C17H26N2O2. The summed E-state index contributed by atoms with van der Waals surface area (Å²) in [7, 11) is 0. The first-order valence-electron chi connectivity index (χ1n) is 8.04. The fourth-order valence-corrected chi connectivity index (χ4v) is 3.25. The molecule has 2 aliphatic heterocycles. The molecular weight excluding hydrogens is 264 g/mol. The van der Waals surface area contributed by atoms with Crippen molar-refractivity contribution in [3.05, 3.63) is 23.8 Å². The Hall–Kier alpha value is -1.26. The number of nitrogens with two attached hydrogens (primary N) is 1. The Morgan fingerprint density at radius 3 is 2.67 bits per heavy atom. The molecule has 21 heavy (non-hydrogen) atoms. The lowest BCUT2D eigenvalue weighted by atomic mass is 10.0. The molecule has 3 unspecified atom stereocenters. The van der Waals surface area contributed by atoms with Crippen molar-refractivity contribution in [3.8, 4) is 11.5 Å². The van der Waals surface area contributed by atoms with Crippen molar-refractivity contribution in [2.45, 2.75) is 38.8 Å². The van der Waals surface area contributed by atoms with Crippen LogP contribution < -0.4 is 15.2 Å². The molecule has 2 aliphatic rings. The molecule has 3 rings (SSSR count). The van der Waals surface area contributed by atoms with Gasteiger partial charge in [-0.25, -0.2) is 0 Å². The van der Waals surface area contributed by atoms with Crippen molar-refractivity contribution < 1.29 is 9.47 Å². The Morgan fingerprint density at radius 2 is 1.95 bits per heavy atom. The number of hydrogen-bond acceptors (Lipinski definition) is 4. The van der Waals surface area contributed by atoms with Crippen LogP contribution in [0, 0.1) is 5.92 Å². The Balaban J connectivity index is 1.73. The molecule has 0 amide bonds. The second-order valence-electron chi connectivity index (χ2n) is 6.34. The van der Waals surface area contributed by atoms with Crippen molar-refractivity contribution in [3.63, 3.8) is 0 Å². The maximum atomic E-state index is 6.04. The number of likely N-dealkylation sites (tertiary alicyclic amines) is 1. The topological polar surface area (TPSA) is 47.7 Å². The van der Waals surface area contributed by atoms with E-state index in [9.17, 15) is 0 Å². The monoisotopic (exact) mass is 290 g/mol. The molecule has 4 nitrogen and oxygen atoms in total. The lowest BCUT2D eigenvalue weighted by molar-refractivity contribution is 0.247. The summed E-state index contributed by atoms with van der Waals surface area (Å²) in [5.74, 6) is 2.38. The molecule has 4 heteroatoms. The van der Waals surface area contributed by atoms with E-state index in [0.29, 0.717) is 12.0 Å². The molecule has 1 aromatic carbocycles. The van der Waals surface area contributed by atoms with Crippen molar-refractivity contribution >= 4 is 0 Å². The summed E-state index contributed by atoms with van der Waals surface area (Å²) < 4.78 is 11.5. The van der Waals surface area contributed by atoms with Gasteiger partial charge in [0.05, 0.1) is 13.2 Å². The number of nitrogens with zero attached hydrogens (tertiary/aromatic N) is 1. The zero-order chi connectivity index (χ0) is 14.8. The molecule has 0 spiro atoms. The number of hydrogen-bond donors (Lipinski definition) is 1. The summed E-state index contributed by atoms with van der Waals surface area (Å²) in [6.07, 6.45) is 2.15. The third-order valence-electron chi connectivity index (χ3n) is 4.80. The number of fused-ring (bicyclic) bond motifs is 1. The smallest absolute Gasteiger partial charge is 0.161 e. The predicted octanol–water partition coefficient (Wildman–Crippen LogP) is 2.58. The van der Waals surface area contributed by atoms with Gasteiger partial charge in [-0.05, 0) is 50.4 Å². The highest BCUT2D eigenvalue weighted by Gasteiger charge is 2.29. The number of rotatable bonds is 3. The largest absolute Gasteiger partial charge is 0.490 e. The molecule has 3 atom stereocenters. The molecule has 0 bridgehead atoms. The molecule has 0 saturated carbocycles. The van der Waals surface area contributed by atoms with E-state index in [1.54, 1.807) is 0 Å². The summed E-state index contributed by atoms with van der Waals surface area (Å²) in [5, 5.41) is 0. The van der Waals surface area contributed by atoms with Crippen LogP contribution in [0.3, 0.4) is 0 Å². The van der Waals surface area contributed by atoms with Crippen LogP contribution >= 0.6 is 0 Å². The first kappa shape index (κ1) is 14.7. The van der Waals surface area contributed by atoms with E-state index in [1.807, 2.05) is 6.07 Å². The van der Waals surface area contributed by atoms with Gasteiger partial charge in [-0.3, -0.25) is 4.90 Å². The van der Waals surface area contributed by atoms with Gasteiger partial charge in [0, 0.05) is 25.0 Å². The molecule has 1 saturated heterocycles. The number of ether oxygens (including phenoxy) is 2. The van der Waals surface area contributed by atoms with E-state index in [2.05, 4.69) is 30.9 Å². The molecule has 2 heterocycles. The predicted molar refractivity (Wildman–Crippen MR) is 83.8 cm³/mol. The normalized spacial score (nSPS) is 25.4. The highest BCUT2D eigenvalue weighted by atomic mass is 16.5. The Bertz CT molecular complexity index is 490. The third-order valence-corrected chi connectivity index (χ3v) is 4.80. The average Bonchev–Trinajstić information content (AvgIpc) is 2.86. The minimum atomic E-state index is 0.283. The van der Waals surface area contributed by atoms with Crippen molar-refractivity contribution in [2.75, 3.05) is 26.3 Å². The second kappa shape index (κ2) is 6.24. The maximum absolute atomic E-state index is 6.04. The van der Waals surface area contributed by atoms with Gasteiger partial charge in [0.1, 0.15) is 0 Å². The summed E-state index contributed by atoms with van der Waals surface area (Å²) in [5.41, 5.74) is 7.34. The van der Waals surface area contributed by atoms with Crippen LogP contribution in [0.4, 0.5) is 0 Å². The molecule has 0 radical (unpaired) electrons. The van der Waals surface area contributed by atoms with E-state index >= 15 is 0 Å². The van der Waals surface area contributed by atoms with Gasteiger partial charge in [0.25, 0.3) is 0 Å². The fourth-order valence-electron chi connectivity index (χ4n) is 3.25. The van der Waals surface area contributed by atoms with Crippen LogP contribution in [0.1, 0.15) is 38.3 Å². The Morgan fingerprint density at radius 1 is 1.19 bits per heavy atom. The average molecular weight is 290 g/mol. The Kier molecular flexibility index (Phi) is 4.36. The summed E-state index contributed by atoms with van der Waals surface area (Å²) >= 11 is 0. The highest BCUT2D eigenvalue weighted by molar-refractivity contribution is 5.44. The zero-order valence-corrected chi connectivity index (χ0v) is 13.0. The van der Waals surface area contributed by atoms with E-state index in [4.69, 9.17) is 15.2 Å². The molecule has 1 aromatic rings. The SMILES string of the molecule is CC(N)C1CCN(C(C)c2ccc3c(c2)OCCCO3)C1. The third kappa shape index (κ3) is 3.16. The number of benzene rings is 1. The lowest BCUT2D eigenvalue weighted by Gasteiger charge is -2.26. The van der Waals surface area contributed by atoms with Gasteiger partial charge in [0.15, 0.2) is 11.5 Å². The first-order valence-corrected chi connectivity index (χ1v) is 8.04.